The van der Waals surface area contributed by atoms with Crippen molar-refractivity contribution in [1.82, 2.24) is 0 Å². The summed E-state index contributed by atoms with van der Waals surface area (Å²) < 4.78 is 0. The normalized spacial score (nSPS) is 10.5. The highest BCUT2D eigenvalue weighted by Crippen LogP contribution is 2.25. The number of hydrogen-bond donors (Lipinski definition) is 1. The van der Waals surface area contributed by atoms with Crippen LogP contribution >= 0.6 is 11.8 Å². The fourth-order valence-corrected chi connectivity index (χ4v) is 2.73. The molecule has 1 nitrogen and oxygen atoms in total. The zero-order valence-electron chi connectivity index (χ0n) is 10.6. The molecule has 1 N–H and O–H groups in total. The maximum Gasteiger partial charge on any atom is 0.115 e. The zero-order valence-corrected chi connectivity index (χ0v) is 11.4. The molecular formula is C16H18OS. The van der Waals surface area contributed by atoms with E-state index in [0.717, 1.165) is 5.56 Å². The highest BCUT2D eigenvalue weighted by atomic mass is 32.2. The maximum absolute atomic E-state index is 9.26. The number of thioether (sulfide) groups is 1. The molecule has 0 amide bonds. The van der Waals surface area contributed by atoms with Gasteiger partial charge in [0.1, 0.15) is 5.75 Å². The number of phenolic OH excluding ortho intramolecular Hbond substituents is 1. The highest BCUT2D eigenvalue weighted by molar-refractivity contribution is 7.99. The van der Waals surface area contributed by atoms with Crippen LogP contribution in [-0.4, -0.2) is 10.9 Å². The van der Waals surface area contributed by atoms with Crippen molar-refractivity contribution in [2.75, 3.05) is 5.75 Å². The van der Waals surface area contributed by atoms with Crippen LogP contribution in [-0.2, 0) is 0 Å². The van der Waals surface area contributed by atoms with Crippen molar-refractivity contribution in [3.63, 3.8) is 0 Å². The number of unbranched alkanes of at least 4 members (excludes halogenated alkanes) is 1. The minimum absolute atomic E-state index is 0.311. The monoisotopic (exact) mass is 258 g/mol. The summed E-state index contributed by atoms with van der Waals surface area (Å²) in [5.74, 6) is 1.50. The Morgan fingerprint density at radius 1 is 0.889 bits per heavy atom. The van der Waals surface area contributed by atoms with E-state index in [-0.39, 0.29) is 0 Å². The molecule has 0 heterocycles. The van der Waals surface area contributed by atoms with Gasteiger partial charge in [-0.2, -0.15) is 0 Å². The van der Waals surface area contributed by atoms with Crippen molar-refractivity contribution >= 4 is 11.8 Å². The van der Waals surface area contributed by atoms with E-state index in [1.807, 2.05) is 23.9 Å². The first-order valence-corrected chi connectivity index (χ1v) is 7.30. The third-order valence-electron chi connectivity index (χ3n) is 2.82. The summed E-state index contributed by atoms with van der Waals surface area (Å²) in [4.78, 5) is 1.32. The second kappa shape index (κ2) is 6.50. The van der Waals surface area contributed by atoms with E-state index in [4.69, 9.17) is 0 Å². The Hall–Kier alpha value is -1.41. The quantitative estimate of drug-likeness (QED) is 0.604. The predicted molar refractivity (Wildman–Crippen MR) is 79.2 cm³/mol. The van der Waals surface area contributed by atoms with E-state index in [9.17, 15) is 5.11 Å². The van der Waals surface area contributed by atoms with Crippen molar-refractivity contribution < 1.29 is 5.11 Å². The van der Waals surface area contributed by atoms with Crippen LogP contribution in [0.1, 0.15) is 19.8 Å². The van der Waals surface area contributed by atoms with Crippen molar-refractivity contribution in [2.45, 2.75) is 24.7 Å². The van der Waals surface area contributed by atoms with E-state index in [2.05, 4.69) is 31.2 Å². The van der Waals surface area contributed by atoms with Gasteiger partial charge in [-0.3, -0.25) is 0 Å². The molecular weight excluding hydrogens is 240 g/mol. The van der Waals surface area contributed by atoms with Gasteiger partial charge in [0.05, 0.1) is 0 Å². The van der Waals surface area contributed by atoms with Gasteiger partial charge in [0.25, 0.3) is 0 Å². The highest BCUT2D eigenvalue weighted by Gasteiger charge is 1.99. The van der Waals surface area contributed by atoms with Crippen LogP contribution in [0.4, 0.5) is 0 Å². The van der Waals surface area contributed by atoms with E-state index < -0.39 is 0 Å². The van der Waals surface area contributed by atoms with Crippen molar-refractivity contribution in [2.24, 2.45) is 0 Å². The Labute approximate surface area is 113 Å². The molecule has 0 aliphatic rings. The van der Waals surface area contributed by atoms with Crippen LogP contribution in [0.3, 0.4) is 0 Å². The van der Waals surface area contributed by atoms with Crippen LogP contribution < -0.4 is 0 Å². The molecule has 0 spiro atoms. The Bertz CT molecular complexity index is 473. The van der Waals surface area contributed by atoms with E-state index in [0.29, 0.717) is 5.75 Å². The number of aromatic hydroxyl groups is 1. The molecule has 0 aliphatic heterocycles. The van der Waals surface area contributed by atoms with Crippen LogP contribution in [0.5, 0.6) is 5.75 Å². The summed E-state index contributed by atoms with van der Waals surface area (Å²) >= 11 is 1.91. The first-order chi connectivity index (χ1) is 8.79. The average Bonchev–Trinajstić information content (AvgIpc) is 2.41. The molecule has 0 bridgehead atoms. The van der Waals surface area contributed by atoms with Crippen molar-refractivity contribution in [1.29, 1.82) is 0 Å². The minimum Gasteiger partial charge on any atom is -0.508 e. The molecule has 2 aromatic rings. The fourth-order valence-electron chi connectivity index (χ4n) is 1.73. The van der Waals surface area contributed by atoms with Crippen LogP contribution in [0, 0.1) is 0 Å². The molecule has 0 saturated carbocycles. The molecule has 0 atom stereocenters. The first kappa shape index (κ1) is 13.0. The molecule has 0 aromatic heterocycles. The van der Waals surface area contributed by atoms with Gasteiger partial charge in [0.2, 0.25) is 0 Å². The summed E-state index contributed by atoms with van der Waals surface area (Å²) in [5, 5.41) is 9.26. The lowest BCUT2D eigenvalue weighted by molar-refractivity contribution is 0.475. The summed E-state index contributed by atoms with van der Waals surface area (Å²) in [7, 11) is 0. The maximum atomic E-state index is 9.26. The number of rotatable bonds is 5. The van der Waals surface area contributed by atoms with E-state index in [1.54, 1.807) is 12.1 Å². The number of benzene rings is 2. The molecule has 0 saturated heterocycles. The number of phenols is 1. The lowest BCUT2D eigenvalue weighted by atomic mass is 10.1. The van der Waals surface area contributed by atoms with Crippen LogP contribution in [0.2, 0.25) is 0 Å². The van der Waals surface area contributed by atoms with Gasteiger partial charge in [-0.25, -0.2) is 0 Å². The van der Waals surface area contributed by atoms with Gasteiger partial charge in [-0.1, -0.05) is 37.6 Å². The van der Waals surface area contributed by atoms with Gasteiger partial charge in [-0.05, 0) is 47.6 Å². The molecule has 2 aromatic carbocycles. The molecule has 0 fully saturated rings. The summed E-state index contributed by atoms with van der Waals surface area (Å²) in [6.07, 6.45) is 2.52. The first-order valence-electron chi connectivity index (χ1n) is 6.32. The average molecular weight is 258 g/mol. The third kappa shape index (κ3) is 3.54. The largest absolute Gasteiger partial charge is 0.508 e. The number of hydrogen-bond acceptors (Lipinski definition) is 2. The second-order valence-electron chi connectivity index (χ2n) is 4.27. The van der Waals surface area contributed by atoms with Gasteiger partial charge in [0.15, 0.2) is 0 Å². The van der Waals surface area contributed by atoms with Gasteiger partial charge in [0, 0.05) is 4.90 Å². The third-order valence-corrected chi connectivity index (χ3v) is 3.92. The lowest BCUT2D eigenvalue weighted by Gasteiger charge is -2.04. The van der Waals surface area contributed by atoms with Crippen LogP contribution in [0.15, 0.2) is 53.4 Å². The van der Waals surface area contributed by atoms with Crippen molar-refractivity contribution in [3.05, 3.63) is 48.5 Å². The fraction of sp³-hybridized carbons (Fsp3) is 0.250. The summed E-state index contributed by atoms with van der Waals surface area (Å²) in [5.41, 5.74) is 2.33. The lowest BCUT2D eigenvalue weighted by Crippen LogP contribution is -1.80. The summed E-state index contributed by atoms with van der Waals surface area (Å²) in [6.45, 7) is 2.22. The standard InChI is InChI=1S/C16H18OS/c1-2-3-12-18-16-10-6-14(7-11-16)13-4-8-15(17)9-5-13/h4-11,17H,2-3,12H2,1H3. The molecule has 2 rings (SSSR count). The molecule has 0 unspecified atom stereocenters. The van der Waals surface area contributed by atoms with Gasteiger partial charge >= 0.3 is 0 Å². The van der Waals surface area contributed by atoms with Crippen LogP contribution in [0.25, 0.3) is 11.1 Å². The van der Waals surface area contributed by atoms with E-state index in [1.165, 1.54) is 29.1 Å². The SMILES string of the molecule is CCCCSc1ccc(-c2ccc(O)cc2)cc1. The zero-order chi connectivity index (χ0) is 12.8. The van der Waals surface area contributed by atoms with Gasteiger partial charge in [-0.15, -0.1) is 11.8 Å². The Morgan fingerprint density at radius 2 is 1.44 bits per heavy atom. The summed E-state index contributed by atoms with van der Waals surface area (Å²) in [6, 6.07) is 15.9. The van der Waals surface area contributed by atoms with E-state index >= 15 is 0 Å². The second-order valence-corrected chi connectivity index (χ2v) is 5.44. The Morgan fingerprint density at radius 3 is 2.00 bits per heavy atom. The Kier molecular flexibility index (Phi) is 4.71. The molecule has 2 heteroatoms. The Balaban J connectivity index is 2.05. The predicted octanol–water partition coefficient (Wildman–Crippen LogP) is 4.95. The van der Waals surface area contributed by atoms with Gasteiger partial charge < -0.3 is 5.11 Å². The smallest absolute Gasteiger partial charge is 0.115 e. The molecule has 0 aliphatic carbocycles. The topological polar surface area (TPSA) is 20.2 Å². The molecule has 94 valence electrons. The molecule has 0 radical (unpaired) electrons. The molecule has 18 heavy (non-hydrogen) atoms. The minimum atomic E-state index is 0.311. The van der Waals surface area contributed by atoms with Crippen molar-refractivity contribution in [3.8, 4) is 16.9 Å².